The van der Waals surface area contributed by atoms with Gasteiger partial charge in [-0.25, -0.2) is 0 Å². The lowest BCUT2D eigenvalue weighted by molar-refractivity contribution is 0.0815. The van der Waals surface area contributed by atoms with E-state index < -0.39 is 22.2 Å². The first-order chi connectivity index (χ1) is 9.79. The molecule has 0 heterocycles. The fraction of sp³-hybridized carbons (Fsp3) is 0.765. The van der Waals surface area contributed by atoms with Crippen LogP contribution >= 0.6 is 0 Å². The van der Waals surface area contributed by atoms with E-state index in [1.165, 1.54) is 11.1 Å². The molecule has 0 aromatic heterocycles. The Morgan fingerprint density at radius 3 is 1.59 bits per heavy atom. The zero-order valence-corrected chi connectivity index (χ0v) is 17.2. The maximum absolute atomic E-state index is 10.2. The molecule has 2 aliphatic carbocycles. The molecule has 5 heteroatoms. The van der Waals surface area contributed by atoms with Gasteiger partial charge in [0.25, 0.3) is 0 Å². The second-order valence-electron chi connectivity index (χ2n) is 9.22. The van der Waals surface area contributed by atoms with E-state index in [1.54, 1.807) is 0 Å². The molecule has 0 aromatic carbocycles. The number of hydrogen-bond donors (Lipinski definition) is 1. The maximum atomic E-state index is 10.2. The Labute approximate surface area is 137 Å². The van der Waals surface area contributed by atoms with Gasteiger partial charge in [-0.2, -0.15) is 0 Å². The molecule has 0 radical (unpaired) electrons. The van der Waals surface area contributed by atoms with Gasteiger partial charge in [0.2, 0.25) is 0 Å². The van der Waals surface area contributed by atoms with Gasteiger partial charge in [0.1, 0.15) is 0 Å². The topological polar surface area (TPSA) is 38.7 Å². The third-order valence-corrected chi connectivity index (χ3v) is 6.12. The molecule has 0 aliphatic heterocycles. The number of rotatable bonds is 6. The van der Waals surface area contributed by atoms with Crippen LogP contribution in [0.5, 0.6) is 0 Å². The standard InChI is InChI=1S/C17H32O3Si2/c1-16(18)8-14-10-17(11-15(14)9-16,12-19-21(2,3)4)13-20-22(5,6)7/h8-9,18H,10-13H2,1-7H3. The van der Waals surface area contributed by atoms with Gasteiger partial charge in [-0.05, 0) is 82.3 Å². The van der Waals surface area contributed by atoms with E-state index >= 15 is 0 Å². The van der Waals surface area contributed by atoms with Crippen molar-refractivity contribution >= 4 is 16.6 Å². The minimum atomic E-state index is -1.54. The molecule has 1 fully saturated rings. The van der Waals surface area contributed by atoms with Crippen molar-refractivity contribution in [1.82, 2.24) is 0 Å². The molecular formula is C17H32O3Si2. The van der Waals surface area contributed by atoms with E-state index in [-0.39, 0.29) is 5.41 Å². The number of aliphatic hydroxyl groups is 1. The van der Waals surface area contributed by atoms with Gasteiger partial charge >= 0.3 is 0 Å². The highest BCUT2D eigenvalue weighted by atomic mass is 28.4. The second-order valence-corrected chi connectivity index (χ2v) is 18.2. The Morgan fingerprint density at radius 2 is 1.27 bits per heavy atom. The lowest BCUT2D eigenvalue weighted by Crippen LogP contribution is -2.39. The highest BCUT2D eigenvalue weighted by Gasteiger charge is 2.44. The lowest BCUT2D eigenvalue weighted by Gasteiger charge is -2.34. The monoisotopic (exact) mass is 340 g/mol. The van der Waals surface area contributed by atoms with E-state index in [9.17, 15) is 5.11 Å². The van der Waals surface area contributed by atoms with Gasteiger partial charge in [0, 0.05) is 18.6 Å². The van der Waals surface area contributed by atoms with Crippen LogP contribution in [0.4, 0.5) is 0 Å². The smallest absolute Gasteiger partial charge is 0.183 e. The molecule has 1 saturated carbocycles. The minimum Gasteiger partial charge on any atom is -0.417 e. The van der Waals surface area contributed by atoms with E-state index in [0.717, 1.165) is 26.1 Å². The lowest BCUT2D eigenvalue weighted by atomic mass is 9.86. The van der Waals surface area contributed by atoms with Crippen LogP contribution in [0.15, 0.2) is 23.3 Å². The third kappa shape index (κ3) is 4.89. The summed E-state index contributed by atoms with van der Waals surface area (Å²) in [6.45, 7) is 16.8. The van der Waals surface area contributed by atoms with Gasteiger partial charge in [0.15, 0.2) is 16.6 Å². The van der Waals surface area contributed by atoms with Crippen LogP contribution in [0.25, 0.3) is 0 Å². The molecule has 0 aromatic rings. The van der Waals surface area contributed by atoms with E-state index in [1.807, 2.05) is 19.1 Å². The van der Waals surface area contributed by atoms with Crippen LogP contribution in [-0.2, 0) is 8.85 Å². The van der Waals surface area contributed by atoms with Gasteiger partial charge in [-0.1, -0.05) is 0 Å². The van der Waals surface area contributed by atoms with Crippen LogP contribution < -0.4 is 0 Å². The zero-order chi connectivity index (χ0) is 16.8. The number of allylic oxidation sites excluding steroid dienone is 2. The molecule has 1 N–H and O–H groups in total. The normalized spacial score (nSPS) is 23.3. The van der Waals surface area contributed by atoms with Crippen LogP contribution in [0.2, 0.25) is 39.3 Å². The van der Waals surface area contributed by atoms with Crippen molar-refractivity contribution in [3.63, 3.8) is 0 Å². The van der Waals surface area contributed by atoms with E-state index in [0.29, 0.717) is 0 Å². The highest BCUT2D eigenvalue weighted by molar-refractivity contribution is 6.70. The minimum absolute atomic E-state index is 0.0503. The van der Waals surface area contributed by atoms with Crippen molar-refractivity contribution in [2.45, 2.75) is 64.6 Å². The Hall–Kier alpha value is -0.206. The third-order valence-electron chi connectivity index (χ3n) is 4.10. The van der Waals surface area contributed by atoms with Crippen molar-refractivity contribution in [3.05, 3.63) is 23.3 Å². The first-order valence-electron chi connectivity index (χ1n) is 8.24. The Kier molecular flexibility index (Phi) is 4.70. The molecular weight excluding hydrogens is 308 g/mol. The molecule has 0 amide bonds. The summed E-state index contributed by atoms with van der Waals surface area (Å²) < 4.78 is 12.5. The molecule has 126 valence electrons. The summed E-state index contributed by atoms with van der Waals surface area (Å²) in [6.07, 6.45) is 5.94. The Balaban J connectivity index is 2.14. The SMILES string of the molecule is CC1(O)C=C2CC(CO[Si](C)(C)C)(CO[Si](C)(C)C)CC2=C1. The molecule has 0 bridgehead atoms. The van der Waals surface area contributed by atoms with Crippen LogP contribution in [0.3, 0.4) is 0 Å². The van der Waals surface area contributed by atoms with Gasteiger partial charge in [0.05, 0.1) is 5.60 Å². The molecule has 2 rings (SSSR count). The van der Waals surface area contributed by atoms with E-state index in [2.05, 4.69) is 39.3 Å². The van der Waals surface area contributed by atoms with Crippen molar-refractivity contribution in [2.75, 3.05) is 13.2 Å². The highest BCUT2D eigenvalue weighted by Crippen LogP contribution is 2.50. The average Bonchev–Trinajstić information content (AvgIpc) is 2.73. The van der Waals surface area contributed by atoms with Gasteiger partial charge in [-0.15, -0.1) is 0 Å². The number of fused-ring (bicyclic) bond motifs is 1. The van der Waals surface area contributed by atoms with Gasteiger partial charge < -0.3 is 14.0 Å². The molecule has 0 spiro atoms. The fourth-order valence-corrected chi connectivity index (χ4v) is 4.60. The van der Waals surface area contributed by atoms with Crippen LogP contribution in [0, 0.1) is 5.41 Å². The summed E-state index contributed by atoms with van der Waals surface area (Å²) in [6, 6.07) is 0. The van der Waals surface area contributed by atoms with Crippen molar-refractivity contribution < 1.29 is 14.0 Å². The molecule has 0 atom stereocenters. The summed E-state index contributed by atoms with van der Waals surface area (Å²) in [5, 5.41) is 10.2. The second kappa shape index (κ2) is 5.70. The zero-order valence-electron chi connectivity index (χ0n) is 15.2. The Morgan fingerprint density at radius 1 is 0.909 bits per heavy atom. The van der Waals surface area contributed by atoms with Crippen molar-refractivity contribution in [3.8, 4) is 0 Å². The molecule has 0 saturated heterocycles. The largest absolute Gasteiger partial charge is 0.417 e. The molecule has 2 aliphatic rings. The van der Waals surface area contributed by atoms with Gasteiger partial charge in [-0.3, -0.25) is 0 Å². The predicted octanol–water partition coefficient (Wildman–Crippen LogP) is 4.09. The quantitative estimate of drug-likeness (QED) is 0.740. The average molecular weight is 341 g/mol. The van der Waals surface area contributed by atoms with Crippen molar-refractivity contribution in [2.24, 2.45) is 5.41 Å². The summed E-state index contributed by atoms with van der Waals surface area (Å²) in [7, 11) is -3.09. The summed E-state index contributed by atoms with van der Waals surface area (Å²) >= 11 is 0. The summed E-state index contributed by atoms with van der Waals surface area (Å²) in [4.78, 5) is 0. The maximum Gasteiger partial charge on any atom is 0.183 e. The fourth-order valence-electron chi connectivity index (χ4n) is 3.12. The van der Waals surface area contributed by atoms with E-state index in [4.69, 9.17) is 8.85 Å². The first-order valence-corrected chi connectivity index (χ1v) is 15.1. The molecule has 3 nitrogen and oxygen atoms in total. The predicted molar refractivity (Wildman–Crippen MR) is 97.1 cm³/mol. The molecule has 22 heavy (non-hydrogen) atoms. The summed E-state index contributed by atoms with van der Waals surface area (Å²) in [5.41, 5.74) is 1.87. The van der Waals surface area contributed by atoms with Crippen LogP contribution in [-0.4, -0.2) is 40.6 Å². The van der Waals surface area contributed by atoms with Crippen LogP contribution in [0.1, 0.15) is 19.8 Å². The molecule has 0 unspecified atom stereocenters. The van der Waals surface area contributed by atoms with Crippen molar-refractivity contribution in [1.29, 1.82) is 0 Å². The Bertz CT molecular complexity index is 449. The first kappa shape index (κ1) is 18.1. The summed E-state index contributed by atoms with van der Waals surface area (Å²) in [5.74, 6) is 0. The number of hydrogen-bond acceptors (Lipinski definition) is 3.